The molecule has 0 unspecified atom stereocenters. The molecule has 1 amide bonds. The van der Waals surface area contributed by atoms with E-state index in [0.717, 1.165) is 11.3 Å². The minimum Gasteiger partial charge on any atom is -0.507 e. The topological polar surface area (TPSA) is 105 Å². The number of nitrogens with zero attached hydrogens (tertiary/aromatic N) is 2. The predicted molar refractivity (Wildman–Crippen MR) is 69.3 cm³/mol. The normalized spacial score (nSPS) is 10.2. The summed E-state index contributed by atoms with van der Waals surface area (Å²) in [7, 11) is 1.48. The predicted octanol–water partition coefficient (Wildman–Crippen LogP) is 1.78. The zero-order valence-electron chi connectivity index (χ0n) is 9.78. The van der Waals surface area contributed by atoms with Gasteiger partial charge < -0.3 is 10.4 Å². The number of thiazole rings is 1. The van der Waals surface area contributed by atoms with Gasteiger partial charge in [0.05, 0.1) is 10.5 Å². The van der Waals surface area contributed by atoms with Crippen LogP contribution in [0.4, 0.5) is 5.69 Å². The molecule has 0 bridgehead atoms. The average Bonchev–Trinajstić information content (AvgIpc) is 2.87. The quantitative estimate of drug-likeness (QED) is 0.658. The van der Waals surface area contributed by atoms with Crippen LogP contribution in [0.5, 0.6) is 5.75 Å². The van der Waals surface area contributed by atoms with E-state index in [2.05, 4.69) is 10.3 Å². The number of aromatic nitrogens is 1. The number of carbonyl (C=O) groups excluding carboxylic acids is 1. The first-order chi connectivity index (χ1) is 9.02. The van der Waals surface area contributed by atoms with Gasteiger partial charge in [0.2, 0.25) is 0 Å². The Bertz CT molecular complexity index is 653. The second kappa shape index (κ2) is 5.02. The average molecular weight is 279 g/mol. The van der Waals surface area contributed by atoms with Crippen molar-refractivity contribution in [3.8, 4) is 16.3 Å². The molecule has 8 heteroatoms. The Morgan fingerprint density at radius 3 is 2.89 bits per heavy atom. The number of nitro benzene ring substituents is 1. The number of phenolic OH excluding ortho intramolecular Hbond substituents is 1. The van der Waals surface area contributed by atoms with E-state index in [1.807, 2.05) is 0 Å². The second-order valence-corrected chi connectivity index (χ2v) is 4.43. The number of amides is 1. The lowest BCUT2D eigenvalue weighted by Crippen LogP contribution is -2.17. The van der Waals surface area contributed by atoms with Crippen LogP contribution in [0, 0.1) is 10.1 Å². The fourth-order valence-corrected chi connectivity index (χ4v) is 2.26. The fraction of sp³-hybridized carbons (Fsp3) is 0.0909. The number of non-ortho nitro benzene ring substituents is 1. The van der Waals surface area contributed by atoms with Crippen LogP contribution < -0.4 is 5.32 Å². The minimum absolute atomic E-state index is 0.122. The maximum Gasteiger partial charge on any atom is 0.270 e. The highest BCUT2D eigenvalue weighted by molar-refractivity contribution is 7.13. The van der Waals surface area contributed by atoms with Crippen LogP contribution in [0.1, 0.15) is 10.5 Å². The third-order valence-corrected chi connectivity index (χ3v) is 3.26. The maximum atomic E-state index is 11.4. The SMILES string of the molecule is CNC(=O)c1csc(-c2cc([N+](=O)[O-])ccc2O)n1. The van der Waals surface area contributed by atoms with Gasteiger partial charge in [-0.3, -0.25) is 14.9 Å². The van der Waals surface area contributed by atoms with Crippen LogP contribution >= 0.6 is 11.3 Å². The van der Waals surface area contributed by atoms with Crippen molar-refractivity contribution < 1.29 is 14.8 Å². The zero-order chi connectivity index (χ0) is 14.0. The number of nitro groups is 1. The number of aromatic hydroxyl groups is 1. The van der Waals surface area contributed by atoms with Gasteiger partial charge in [-0.25, -0.2) is 4.98 Å². The lowest BCUT2D eigenvalue weighted by atomic mass is 10.2. The first-order valence-electron chi connectivity index (χ1n) is 5.18. The third kappa shape index (κ3) is 2.52. The van der Waals surface area contributed by atoms with Gasteiger partial charge in [0.1, 0.15) is 16.5 Å². The summed E-state index contributed by atoms with van der Waals surface area (Å²) in [6, 6.07) is 3.66. The number of phenols is 1. The molecule has 0 saturated heterocycles. The van der Waals surface area contributed by atoms with Crippen LogP contribution in [-0.4, -0.2) is 28.0 Å². The van der Waals surface area contributed by atoms with Gasteiger partial charge in [-0.05, 0) is 6.07 Å². The lowest BCUT2D eigenvalue weighted by Gasteiger charge is -2.00. The van der Waals surface area contributed by atoms with Gasteiger partial charge in [0.15, 0.2) is 0 Å². The van der Waals surface area contributed by atoms with E-state index < -0.39 is 4.92 Å². The van der Waals surface area contributed by atoms with Crippen molar-refractivity contribution in [1.82, 2.24) is 10.3 Å². The Labute approximate surface area is 111 Å². The van der Waals surface area contributed by atoms with Gasteiger partial charge in [0.25, 0.3) is 11.6 Å². The molecule has 98 valence electrons. The highest BCUT2D eigenvalue weighted by Crippen LogP contribution is 2.34. The number of hydrogen-bond donors (Lipinski definition) is 2. The molecular weight excluding hydrogens is 270 g/mol. The molecule has 7 nitrogen and oxygen atoms in total. The molecule has 0 aliphatic heterocycles. The maximum absolute atomic E-state index is 11.4. The Morgan fingerprint density at radius 2 is 2.26 bits per heavy atom. The molecule has 2 rings (SSSR count). The molecule has 0 aliphatic carbocycles. The van der Waals surface area contributed by atoms with E-state index in [1.165, 1.54) is 30.6 Å². The number of hydrogen-bond acceptors (Lipinski definition) is 6. The largest absolute Gasteiger partial charge is 0.507 e. The Balaban J connectivity index is 2.46. The molecule has 0 aliphatic rings. The van der Waals surface area contributed by atoms with E-state index in [0.29, 0.717) is 5.01 Å². The van der Waals surface area contributed by atoms with Gasteiger partial charge in [-0.2, -0.15) is 0 Å². The van der Waals surface area contributed by atoms with E-state index in [4.69, 9.17) is 0 Å². The van der Waals surface area contributed by atoms with Gasteiger partial charge in [-0.15, -0.1) is 11.3 Å². The van der Waals surface area contributed by atoms with E-state index >= 15 is 0 Å². The zero-order valence-corrected chi connectivity index (χ0v) is 10.6. The molecular formula is C11H9N3O4S. The first-order valence-corrected chi connectivity index (χ1v) is 6.06. The molecule has 1 aromatic carbocycles. The molecule has 1 heterocycles. The fourth-order valence-electron chi connectivity index (χ4n) is 1.44. The van der Waals surface area contributed by atoms with Crippen LogP contribution in [-0.2, 0) is 0 Å². The van der Waals surface area contributed by atoms with Gasteiger partial charge >= 0.3 is 0 Å². The van der Waals surface area contributed by atoms with Crippen molar-refractivity contribution >= 4 is 22.9 Å². The molecule has 1 aromatic heterocycles. The smallest absolute Gasteiger partial charge is 0.270 e. The van der Waals surface area contributed by atoms with Crippen LogP contribution in [0.25, 0.3) is 10.6 Å². The highest BCUT2D eigenvalue weighted by Gasteiger charge is 2.16. The third-order valence-electron chi connectivity index (χ3n) is 2.39. The summed E-state index contributed by atoms with van der Waals surface area (Å²) >= 11 is 1.13. The molecule has 0 radical (unpaired) electrons. The Kier molecular flexibility index (Phi) is 3.43. The van der Waals surface area contributed by atoms with E-state index in [1.54, 1.807) is 0 Å². The van der Waals surface area contributed by atoms with Crippen LogP contribution in [0.2, 0.25) is 0 Å². The number of carbonyl (C=O) groups is 1. The summed E-state index contributed by atoms with van der Waals surface area (Å²) in [6.45, 7) is 0. The van der Waals surface area contributed by atoms with Crippen molar-refractivity contribution in [3.05, 3.63) is 39.4 Å². The summed E-state index contributed by atoms with van der Waals surface area (Å²) in [5.41, 5.74) is 0.284. The number of nitrogens with one attached hydrogen (secondary N) is 1. The highest BCUT2D eigenvalue weighted by atomic mass is 32.1. The monoisotopic (exact) mass is 279 g/mol. The summed E-state index contributed by atoms with van der Waals surface area (Å²) in [5, 5.41) is 24.7. The molecule has 0 spiro atoms. The Morgan fingerprint density at radius 1 is 1.53 bits per heavy atom. The molecule has 0 saturated carbocycles. The molecule has 2 aromatic rings. The molecule has 0 fully saturated rings. The van der Waals surface area contributed by atoms with Crippen molar-refractivity contribution in [1.29, 1.82) is 0 Å². The number of benzene rings is 1. The standard InChI is InChI=1S/C11H9N3O4S/c1-12-10(16)8-5-19-11(13-8)7-4-6(14(17)18)2-3-9(7)15/h2-5,15H,1H3,(H,12,16). The minimum atomic E-state index is -0.559. The van der Waals surface area contributed by atoms with Gasteiger partial charge in [-0.1, -0.05) is 0 Å². The number of rotatable bonds is 3. The second-order valence-electron chi connectivity index (χ2n) is 3.58. The van der Waals surface area contributed by atoms with Crippen LogP contribution in [0.15, 0.2) is 23.6 Å². The van der Waals surface area contributed by atoms with E-state index in [-0.39, 0.29) is 28.6 Å². The summed E-state index contributed by atoms with van der Waals surface area (Å²) in [6.07, 6.45) is 0. The van der Waals surface area contributed by atoms with E-state index in [9.17, 15) is 20.0 Å². The van der Waals surface area contributed by atoms with Gasteiger partial charge in [0, 0.05) is 24.6 Å². The molecule has 0 atom stereocenters. The van der Waals surface area contributed by atoms with Crippen molar-refractivity contribution in [2.45, 2.75) is 0 Å². The molecule has 19 heavy (non-hydrogen) atoms. The van der Waals surface area contributed by atoms with Crippen molar-refractivity contribution in [2.75, 3.05) is 7.05 Å². The van der Waals surface area contributed by atoms with Crippen molar-refractivity contribution in [2.24, 2.45) is 0 Å². The summed E-state index contributed by atoms with van der Waals surface area (Å²) < 4.78 is 0. The molecule has 2 N–H and O–H groups in total. The summed E-state index contributed by atoms with van der Waals surface area (Å²) in [4.78, 5) is 25.6. The Hall–Kier alpha value is -2.48. The first kappa shape index (κ1) is 13.0. The van der Waals surface area contributed by atoms with Crippen LogP contribution in [0.3, 0.4) is 0 Å². The van der Waals surface area contributed by atoms with Crippen molar-refractivity contribution in [3.63, 3.8) is 0 Å². The summed E-state index contributed by atoms with van der Waals surface area (Å²) in [5.74, 6) is -0.476. The lowest BCUT2D eigenvalue weighted by molar-refractivity contribution is -0.384.